The first-order valence-corrected chi connectivity index (χ1v) is 13.7. The second-order valence-corrected chi connectivity index (χ2v) is 12.4. The van der Waals surface area contributed by atoms with Gasteiger partial charge in [0.05, 0.1) is 25.4 Å². The molecular formula is C19H42O10P2. The summed E-state index contributed by atoms with van der Waals surface area (Å²) in [5.41, 5.74) is -0.803. The van der Waals surface area contributed by atoms with E-state index in [0.717, 1.165) is 0 Å². The van der Waals surface area contributed by atoms with E-state index in [2.05, 4.69) is 9.05 Å². The van der Waals surface area contributed by atoms with Gasteiger partial charge in [-0.1, -0.05) is 40.5 Å². The van der Waals surface area contributed by atoms with Crippen LogP contribution in [0.2, 0.25) is 0 Å². The molecule has 0 aromatic carbocycles. The van der Waals surface area contributed by atoms with Crippen molar-refractivity contribution in [2.45, 2.75) is 97.7 Å². The number of rotatable bonds is 18. The number of hydrogen-bond acceptors (Lipinski definition) is 6. The van der Waals surface area contributed by atoms with E-state index in [-0.39, 0.29) is 13.2 Å². The van der Waals surface area contributed by atoms with Crippen molar-refractivity contribution in [2.24, 2.45) is 10.8 Å². The highest BCUT2D eigenvalue weighted by molar-refractivity contribution is 7.46. The minimum atomic E-state index is -4.48. The Bertz CT molecular complexity index is 534. The third-order valence-electron chi connectivity index (χ3n) is 5.10. The summed E-state index contributed by atoms with van der Waals surface area (Å²) in [5.74, 6) is 0. The molecule has 0 aromatic rings. The fraction of sp³-hybridized carbons (Fsp3) is 1.00. The Balaban J connectivity index is 3.92. The summed E-state index contributed by atoms with van der Waals surface area (Å²) in [5, 5.41) is 20.2. The highest BCUT2D eigenvalue weighted by Crippen LogP contribution is 2.40. The van der Waals surface area contributed by atoms with Crippen molar-refractivity contribution in [2.75, 3.05) is 13.2 Å². The lowest BCUT2D eigenvalue weighted by Crippen LogP contribution is -2.20. The lowest BCUT2D eigenvalue weighted by Gasteiger charge is -2.25. The van der Waals surface area contributed by atoms with Gasteiger partial charge in [-0.25, -0.2) is 9.13 Å². The molecule has 0 amide bonds. The van der Waals surface area contributed by atoms with Crippen molar-refractivity contribution in [3.05, 3.63) is 0 Å². The molecule has 0 saturated heterocycles. The molecule has 0 radical (unpaired) electrons. The van der Waals surface area contributed by atoms with Crippen LogP contribution in [0.15, 0.2) is 0 Å². The third kappa shape index (κ3) is 20.5. The lowest BCUT2D eigenvalue weighted by atomic mass is 9.87. The fourth-order valence-corrected chi connectivity index (χ4v) is 4.21. The van der Waals surface area contributed by atoms with Gasteiger partial charge in [0.15, 0.2) is 0 Å². The normalized spacial score (nSPS) is 15.8. The van der Waals surface area contributed by atoms with Crippen molar-refractivity contribution >= 4 is 15.6 Å². The molecule has 2 unspecified atom stereocenters. The minimum absolute atomic E-state index is 0.0538. The van der Waals surface area contributed by atoms with Gasteiger partial charge in [-0.05, 0) is 55.8 Å². The smallest absolute Gasteiger partial charge is 0.393 e. The first-order chi connectivity index (χ1) is 13.9. The van der Waals surface area contributed by atoms with Gasteiger partial charge in [-0.2, -0.15) is 0 Å². The molecule has 0 aliphatic rings. The van der Waals surface area contributed by atoms with Crippen LogP contribution in [0.25, 0.3) is 0 Å². The van der Waals surface area contributed by atoms with Gasteiger partial charge in [0.1, 0.15) is 0 Å². The second kappa shape index (κ2) is 13.8. The molecule has 12 heteroatoms. The van der Waals surface area contributed by atoms with E-state index in [4.69, 9.17) is 19.6 Å². The van der Waals surface area contributed by atoms with E-state index in [1.165, 1.54) is 0 Å². The molecule has 0 aliphatic carbocycles. The molecule has 0 saturated carbocycles. The molecule has 10 nitrogen and oxygen atoms in total. The molecule has 2 atom stereocenters. The molecule has 6 N–H and O–H groups in total. The Hall–Kier alpha value is 0.140. The second-order valence-electron chi connectivity index (χ2n) is 9.88. The largest absolute Gasteiger partial charge is 0.469 e. The zero-order valence-electron chi connectivity index (χ0n) is 19.1. The Kier molecular flexibility index (Phi) is 13.8. The highest BCUT2D eigenvalue weighted by Gasteiger charge is 2.25. The van der Waals surface area contributed by atoms with Crippen LogP contribution in [0.5, 0.6) is 0 Å². The Morgan fingerprint density at radius 2 is 0.935 bits per heavy atom. The highest BCUT2D eigenvalue weighted by atomic mass is 31.2. The molecule has 0 heterocycles. The van der Waals surface area contributed by atoms with Crippen molar-refractivity contribution in [1.82, 2.24) is 0 Å². The molecule has 188 valence electrons. The lowest BCUT2D eigenvalue weighted by molar-refractivity contribution is 0.0987. The van der Waals surface area contributed by atoms with Gasteiger partial charge in [0.2, 0.25) is 0 Å². The van der Waals surface area contributed by atoms with E-state index < -0.39 is 38.7 Å². The van der Waals surface area contributed by atoms with Gasteiger partial charge in [0, 0.05) is 0 Å². The molecule has 0 rings (SSSR count). The van der Waals surface area contributed by atoms with Crippen molar-refractivity contribution < 1.29 is 48.0 Å². The molecule has 0 aliphatic heterocycles. The molecule has 0 bridgehead atoms. The maximum absolute atomic E-state index is 10.8. The standard InChI is InChI=1S/C19H42O10P2/c1-18(2,14-28-30(22,23)24)12-6-10-16(20)8-5-9-17(21)11-7-13-19(3,4)15-29-31(25,26)27/h16-17,20-21H,5-15H2,1-4H3,(H2,22,23,24)(H2,25,26,27). The molecule has 0 spiro atoms. The number of phosphoric ester groups is 2. The van der Waals surface area contributed by atoms with Crippen LogP contribution in [0, 0.1) is 10.8 Å². The first kappa shape index (κ1) is 31.1. The van der Waals surface area contributed by atoms with E-state index in [1.807, 2.05) is 27.7 Å². The zero-order valence-corrected chi connectivity index (χ0v) is 20.9. The van der Waals surface area contributed by atoms with E-state index >= 15 is 0 Å². The SMILES string of the molecule is CC(C)(CCCC(O)CCCC(O)CCCC(C)(C)COP(=O)(O)O)COP(=O)(O)O. The fourth-order valence-electron chi connectivity index (χ4n) is 3.17. The predicted octanol–water partition coefficient (Wildman–Crippen LogP) is 3.49. The summed E-state index contributed by atoms with van der Waals surface area (Å²) in [6.45, 7) is 7.30. The molecular weight excluding hydrogens is 450 g/mol. The summed E-state index contributed by atoms with van der Waals surface area (Å²) >= 11 is 0. The van der Waals surface area contributed by atoms with Crippen molar-refractivity contribution in [3.63, 3.8) is 0 Å². The summed E-state index contributed by atoms with van der Waals surface area (Å²) in [6, 6.07) is 0. The summed E-state index contributed by atoms with van der Waals surface area (Å²) < 4.78 is 30.7. The minimum Gasteiger partial charge on any atom is -0.393 e. The van der Waals surface area contributed by atoms with Crippen LogP contribution in [-0.2, 0) is 18.2 Å². The van der Waals surface area contributed by atoms with Crippen LogP contribution < -0.4 is 0 Å². The average Bonchev–Trinajstić information content (AvgIpc) is 2.57. The topological polar surface area (TPSA) is 174 Å². The molecule has 31 heavy (non-hydrogen) atoms. The van der Waals surface area contributed by atoms with Crippen LogP contribution in [0.4, 0.5) is 0 Å². The van der Waals surface area contributed by atoms with Gasteiger partial charge in [-0.3, -0.25) is 9.05 Å². The quantitative estimate of drug-likeness (QED) is 0.155. The van der Waals surface area contributed by atoms with Crippen molar-refractivity contribution in [3.8, 4) is 0 Å². The van der Waals surface area contributed by atoms with Gasteiger partial charge < -0.3 is 29.8 Å². The predicted molar refractivity (Wildman–Crippen MR) is 117 cm³/mol. The van der Waals surface area contributed by atoms with Crippen LogP contribution in [0.3, 0.4) is 0 Å². The third-order valence-corrected chi connectivity index (χ3v) is 6.03. The van der Waals surface area contributed by atoms with Crippen LogP contribution in [-0.4, -0.2) is 55.2 Å². The van der Waals surface area contributed by atoms with Crippen LogP contribution in [0.1, 0.15) is 85.5 Å². The summed E-state index contributed by atoms with van der Waals surface area (Å²) in [6.07, 6.45) is 4.70. The van der Waals surface area contributed by atoms with E-state index in [9.17, 15) is 19.3 Å². The number of aliphatic hydroxyl groups is 2. The summed E-state index contributed by atoms with van der Waals surface area (Å²) in [7, 11) is -8.95. The zero-order chi connectivity index (χ0) is 24.3. The van der Waals surface area contributed by atoms with E-state index in [1.54, 1.807) is 0 Å². The maximum atomic E-state index is 10.8. The Morgan fingerprint density at radius 1 is 0.645 bits per heavy atom. The van der Waals surface area contributed by atoms with E-state index in [0.29, 0.717) is 57.8 Å². The van der Waals surface area contributed by atoms with Crippen LogP contribution >= 0.6 is 15.6 Å². The van der Waals surface area contributed by atoms with Gasteiger partial charge in [-0.15, -0.1) is 0 Å². The maximum Gasteiger partial charge on any atom is 0.469 e. The van der Waals surface area contributed by atoms with Gasteiger partial charge >= 0.3 is 15.6 Å². The van der Waals surface area contributed by atoms with Crippen molar-refractivity contribution in [1.29, 1.82) is 0 Å². The molecule has 0 fully saturated rings. The number of phosphoric acid groups is 2. The monoisotopic (exact) mass is 492 g/mol. The average molecular weight is 492 g/mol. The Labute approximate surface area is 185 Å². The first-order valence-electron chi connectivity index (χ1n) is 10.7. The number of hydrogen-bond donors (Lipinski definition) is 6. The molecule has 0 aromatic heterocycles. The summed E-state index contributed by atoms with van der Waals surface area (Å²) in [4.78, 5) is 35.1. The van der Waals surface area contributed by atoms with Gasteiger partial charge in [0.25, 0.3) is 0 Å². The number of aliphatic hydroxyl groups excluding tert-OH is 2. The Morgan fingerprint density at radius 3 is 1.23 bits per heavy atom.